The molecule has 40 heavy (non-hydrogen) atoms. The van der Waals surface area contributed by atoms with Crippen molar-refractivity contribution in [2.24, 2.45) is 17.6 Å². The highest BCUT2D eigenvalue weighted by atomic mass is 35.5. The van der Waals surface area contributed by atoms with Gasteiger partial charge in [0.2, 0.25) is 0 Å². The Morgan fingerprint density at radius 2 is 2.05 bits per heavy atom. The number of carbonyl (C=O) groups is 1. The van der Waals surface area contributed by atoms with Crippen molar-refractivity contribution in [1.29, 1.82) is 0 Å². The normalized spacial score (nSPS) is 25.8. The molecule has 4 rings (SSSR count). The largest absolute Gasteiger partial charge is 0.453 e. The Morgan fingerprint density at radius 3 is 2.75 bits per heavy atom. The molecule has 0 aromatic heterocycles. The van der Waals surface area contributed by atoms with E-state index in [1.54, 1.807) is 0 Å². The van der Waals surface area contributed by atoms with Crippen LogP contribution in [0, 0.1) is 11.8 Å². The average Bonchev–Trinajstić information content (AvgIpc) is 3.32. The molecular formula is C31H44ClN3O5. The first kappa shape index (κ1) is 30.8. The standard InChI is InChI=1S/C31H44ClN3O5/c1-3-20-8-4-9-21(16-20)28-24(11-5-12-25(28)32)31(39,13-7-14-34-30(38)40-2)23-10-6-15-35(19-23)29(37)22-17-26(33)27(36)18-22/h4-5,8-9,11-12,16,22-23,26-27,29,36-37,39H,3,6-7,10,13-15,17-19,33H2,1-2H3,(H,34,38)/t22-,23+,26+,27-,29?,31-/m0/s1. The maximum absolute atomic E-state index is 12.7. The molecule has 0 spiro atoms. The number of aliphatic hydroxyl groups excluding tert-OH is 2. The van der Waals surface area contributed by atoms with Gasteiger partial charge in [-0.3, -0.25) is 4.90 Å². The number of alkyl carbamates (subject to hydrolysis) is 1. The molecule has 1 aliphatic heterocycles. The molecule has 1 heterocycles. The third kappa shape index (κ3) is 6.81. The fourth-order valence-electron chi connectivity index (χ4n) is 6.57. The minimum atomic E-state index is -1.27. The summed E-state index contributed by atoms with van der Waals surface area (Å²) in [4.78, 5) is 13.7. The predicted octanol–water partition coefficient (Wildman–Crippen LogP) is 4.02. The molecular weight excluding hydrogens is 530 g/mol. The van der Waals surface area contributed by atoms with Gasteiger partial charge in [-0.15, -0.1) is 0 Å². The van der Waals surface area contributed by atoms with Crippen LogP contribution in [0.3, 0.4) is 0 Å². The maximum Gasteiger partial charge on any atom is 0.406 e. The molecule has 9 heteroatoms. The topological polar surface area (TPSA) is 128 Å². The van der Waals surface area contributed by atoms with Crippen LogP contribution in [0.25, 0.3) is 11.1 Å². The summed E-state index contributed by atoms with van der Waals surface area (Å²) in [5.41, 5.74) is 8.47. The highest BCUT2D eigenvalue weighted by Gasteiger charge is 2.45. The Kier molecular flexibility index (Phi) is 10.5. The molecule has 1 aliphatic carbocycles. The van der Waals surface area contributed by atoms with Crippen molar-refractivity contribution in [3.63, 3.8) is 0 Å². The number of nitrogens with one attached hydrogen (secondary N) is 1. The summed E-state index contributed by atoms with van der Waals surface area (Å²) >= 11 is 6.85. The summed E-state index contributed by atoms with van der Waals surface area (Å²) in [6, 6.07) is 13.6. The van der Waals surface area contributed by atoms with E-state index in [4.69, 9.17) is 22.1 Å². The molecule has 1 saturated carbocycles. The van der Waals surface area contributed by atoms with Gasteiger partial charge in [-0.1, -0.05) is 54.9 Å². The van der Waals surface area contributed by atoms with Crippen molar-refractivity contribution >= 4 is 17.7 Å². The molecule has 1 saturated heterocycles. The SMILES string of the molecule is CCc1cccc(-c2c(Cl)cccc2[C@](O)(CCCNC(=O)OC)[C@@H]2CCCN(C(O)[C@H]3C[C@@H](N)[C@@H](O)C3)C2)c1. The lowest BCUT2D eigenvalue weighted by molar-refractivity contribution is -0.108. The zero-order valence-corrected chi connectivity index (χ0v) is 24.3. The number of nitrogens with two attached hydrogens (primary N) is 1. The molecule has 2 aliphatic rings. The van der Waals surface area contributed by atoms with Crippen LogP contribution in [0.4, 0.5) is 4.79 Å². The van der Waals surface area contributed by atoms with Crippen molar-refractivity contribution in [3.05, 3.63) is 58.6 Å². The predicted molar refractivity (Wildman–Crippen MR) is 157 cm³/mol. The quantitative estimate of drug-likeness (QED) is 0.272. The van der Waals surface area contributed by atoms with Gasteiger partial charge in [-0.25, -0.2) is 4.79 Å². The van der Waals surface area contributed by atoms with Crippen molar-refractivity contribution < 1.29 is 24.9 Å². The van der Waals surface area contributed by atoms with Crippen LogP contribution in [-0.4, -0.2) is 71.4 Å². The zero-order valence-electron chi connectivity index (χ0n) is 23.6. The van der Waals surface area contributed by atoms with E-state index in [9.17, 15) is 20.1 Å². The molecule has 6 N–H and O–H groups in total. The molecule has 1 amide bonds. The second kappa shape index (κ2) is 13.6. The van der Waals surface area contributed by atoms with E-state index in [0.717, 1.165) is 36.0 Å². The van der Waals surface area contributed by atoms with Crippen molar-refractivity contribution in [2.75, 3.05) is 26.7 Å². The molecule has 6 atom stereocenters. The first-order valence-corrected chi connectivity index (χ1v) is 14.8. The van der Waals surface area contributed by atoms with Crippen LogP contribution in [0.2, 0.25) is 5.02 Å². The van der Waals surface area contributed by atoms with Crippen molar-refractivity contribution in [3.8, 4) is 11.1 Å². The van der Waals surface area contributed by atoms with Gasteiger partial charge in [-0.2, -0.15) is 0 Å². The first-order chi connectivity index (χ1) is 19.2. The van der Waals surface area contributed by atoms with E-state index in [1.807, 2.05) is 35.2 Å². The molecule has 2 aromatic carbocycles. The number of aliphatic hydroxyl groups is 3. The number of hydrogen-bond donors (Lipinski definition) is 5. The van der Waals surface area contributed by atoms with Crippen LogP contribution in [0.5, 0.6) is 0 Å². The molecule has 0 radical (unpaired) electrons. The highest BCUT2D eigenvalue weighted by molar-refractivity contribution is 6.33. The lowest BCUT2D eigenvalue weighted by Gasteiger charge is -2.45. The molecule has 0 bridgehead atoms. The number of carbonyl (C=O) groups excluding carboxylic acids is 1. The van der Waals surface area contributed by atoms with E-state index >= 15 is 0 Å². The second-order valence-electron chi connectivity index (χ2n) is 11.4. The number of piperidine rings is 1. The van der Waals surface area contributed by atoms with E-state index in [0.29, 0.717) is 50.3 Å². The van der Waals surface area contributed by atoms with Crippen LogP contribution in [0.15, 0.2) is 42.5 Å². The summed E-state index contributed by atoms with van der Waals surface area (Å²) in [6.45, 7) is 3.66. The third-order valence-corrected chi connectivity index (χ3v) is 9.15. The van der Waals surface area contributed by atoms with E-state index in [-0.39, 0.29) is 17.9 Å². The Bertz CT molecular complexity index is 1140. The third-order valence-electron chi connectivity index (χ3n) is 8.83. The molecule has 2 fully saturated rings. The van der Waals surface area contributed by atoms with Gasteiger partial charge in [0.05, 0.1) is 18.8 Å². The Morgan fingerprint density at radius 1 is 1.27 bits per heavy atom. The number of halogens is 1. The van der Waals surface area contributed by atoms with E-state index in [2.05, 4.69) is 24.4 Å². The number of ether oxygens (including phenoxy) is 1. The van der Waals surface area contributed by atoms with Gasteiger partial charge in [0, 0.05) is 48.1 Å². The van der Waals surface area contributed by atoms with E-state index in [1.165, 1.54) is 12.7 Å². The number of aryl methyl sites for hydroxylation is 1. The molecule has 1 unspecified atom stereocenters. The van der Waals surface area contributed by atoms with Crippen LogP contribution in [-0.2, 0) is 16.8 Å². The maximum atomic E-state index is 12.7. The Balaban J connectivity index is 1.68. The van der Waals surface area contributed by atoms with Gasteiger partial charge in [0.1, 0.15) is 6.23 Å². The summed E-state index contributed by atoms with van der Waals surface area (Å²) in [6.07, 6.45) is 2.57. The van der Waals surface area contributed by atoms with Crippen LogP contribution in [0.1, 0.15) is 56.6 Å². The minimum absolute atomic E-state index is 0.111. The fourth-order valence-corrected chi connectivity index (χ4v) is 6.85. The lowest BCUT2D eigenvalue weighted by atomic mass is 9.72. The smallest absolute Gasteiger partial charge is 0.406 e. The number of benzene rings is 2. The zero-order chi connectivity index (χ0) is 28.9. The molecule has 8 nitrogen and oxygen atoms in total. The fraction of sp³-hybridized carbons (Fsp3) is 0.581. The Labute approximate surface area is 242 Å². The minimum Gasteiger partial charge on any atom is -0.453 e. The number of methoxy groups -OCH3 is 1. The number of nitrogens with zero attached hydrogens (tertiary/aromatic N) is 1. The first-order valence-electron chi connectivity index (χ1n) is 14.5. The highest BCUT2D eigenvalue weighted by Crippen LogP contribution is 2.46. The van der Waals surface area contributed by atoms with Gasteiger partial charge in [0.15, 0.2) is 0 Å². The number of rotatable bonds is 10. The Hall–Kier alpha value is -2.20. The molecule has 2 aromatic rings. The summed E-state index contributed by atoms with van der Waals surface area (Å²) in [5.74, 6) is -0.305. The van der Waals surface area contributed by atoms with Crippen molar-refractivity contribution in [1.82, 2.24) is 10.2 Å². The van der Waals surface area contributed by atoms with Crippen LogP contribution < -0.4 is 11.1 Å². The summed E-state index contributed by atoms with van der Waals surface area (Å²) < 4.78 is 4.71. The van der Waals surface area contributed by atoms with Gasteiger partial charge in [0.25, 0.3) is 0 Å². The van der Waals surface area contributed by atoms with E-state index < -0.39 is 24.0 Å². The number of likely N-dealkylation sites (tertiary alicyclic amines) is 1. The second-order valence-corrected chi connectivity index (χ2v) is 11.8. The lowest BCUT2D eigenvalue weighted by Crippen LogP contribution is -2.51. The van der Waals surface area contributed by atoms with Crippen molar-refractivity contribution in [2.45, 2.75) is 75.8 Å². The number of hydrogen-bond acceptors (Lipinski definition) is 7. The van der Waals surface area contributed by atoms with Crippen LogP contribution >= 0.6 is 11.6 Å². The van der Waals surface area contributed by atoms with Gasteiger partial charge >= 0.3 is 6.09 Å². The average molecular weight is 574 g/mol. The van der Waals surface area contributed by atoms with Gasteiger partial charge < -0.3 is 31.1 Å². The monoisotopic (exact) mass is 573 g/mol. The number of amides is 1. The van der Waals surface area contributed by atoms with Gasteiger partial charge in [-0.05, 0) is 67.7 Å². The molecule has 220 valence electrons. The summed E-state index contributed by atoms with van der Waals surface area (Å²) in [5, 5.41) is 37.5. The summed E-state index contributed by atoms with van der Waals surface area (Å²) in [7, 11) is 1.33.